The summed E-state index contributed by atoms with van der Waals surface area (Å²) in [4.78, 5) is 2.08. The zero-order valence-electron chi connectivity index (χ0n) is 10.8. The number of nitrogens with two attached hydrogens (primary N) is 1. The smallest absolute Gasteiger partial charge is 0.329 e. The number of hydrogen-bond acceptors (Lipinski definition) is 2. The zero-order chi connectivity index (χ0) is 13.9. The molecule has 1 atom stereocenters. The molecule has 0 spiro atoms. The summed E-state index contributed by atoms with van der Waals surface area (Å²) in [7, 11) is 0. The van der Waals surface area contributed by atoms with Gasteiger partial charge < -0.3 is 5.73 Å². The van der Waals surface area contributed by atoms with Crippen LogP contribution in [0.3, 0.4) is 0 Å². The van der Waals surface area contributed by atoms with E-state index in [4.69, 9.17) is 5.73 Å². The lowest BCUT2D eigenvalue weighted by Crippen LogP contribution is -2.43. The monoisotopic (exact) mass is 272 g/mol. The molecular weight excluding hydrogens is 253 g/mol. The van der Waals surface area contributed by atoms with E-state index >= 15 is 0 Å². The predicted octanol–water partition coefficient (Wildman–Crippen LogP) is 3.02. The summed E-state index contributed by atoms with van der Waals surface area (Å²) in [5.74, 6) is 0. The highest BCUT2D eigenvalue weighted by Crippen LogP contribution is 2.33. The Balaban J connectivity index is 2.18. The number of likely N-dealkylation sites (tertiary alicyclic amines) is 1. The molecule has 1 aliphatic heterocycles. The molecule has 0 bridgehead atoms. The SMILES string of the molecule is NCC1CCCCN1Cc1ccccc1C(F)(F)F. The lowest BCUT2D eigenvalue weighted by atomic mass is 9.99. The molecule has 1 unspecified atom stereocenters. The van der Waals surface area contributed by atoms with Gasteiger partial charge in [-0.3, -0.25) is 4.90 Å². The van der Waals surface area contributed by atoms with Crippen LogP contribution in [0.5, 0.6) is 0 Å². The van der Waals surface area contributed by atoms with Crippen molar-refractivity contribution in [1.82, 2.24) is 4.90 Å². The number of nitrogens with zero attached hydrogens (tertiary/aromatic N) is 1. The van der Waals surface area contributed by atoms with Crippen molar-refractivity contribution in [3.05, 3.63) is 35.4 Å². The minimum Gasteiger partial charge on any atom is -0.329 e. The molecule has 2 N–H and O–H groups in total. The van der Waals surface area contributed by atoms with E-state index in [-0.39, 0.29) is 6.04 Å². The largest absolute Gasteiger partial charge is 0.416 e. The van der Waals surface area contributed by atoms with Crippen molar-refractivity contribution in [3.63, 3.8) is 0 Å². The van der Waals surface area contributed by atoms with E-state index in [0.717, 1.165) is 31.9 Å². The number of rotatable bonds is 3. The molecule has 0 amide bonds. The van der Waals surface area contributed by atoms with Gasteiger partial charge in [-0.1, -0.05) is 24.6 Å². The van der Waals surface area contributed by atoms with Crippen LogP contribution in [0, 0.1) is 0 Å². The Hall–Kier alpha value is -1.07. The van der Waals surface area contributed by atoms with Gasteiger partial charge in [0, 0.05) is 19.1 Å². The summed E-state index contributed by atoms with van der Waals surface area (Å²) in [5, 5.41) is 0. The first-order chi connectivity index (χ1) is 9.02. The minimum absolute atomic E-state index is 0.204. The summed E-state index contributed by atoms with van der Waals surface area (Å²) in [5.41, 5.74) is 5.52. The summed E-state index contributed by atoms with van der Waals surface area (Å²) >= 11 is 0. The van der Waals surface area contributed by atoms with Crippen LogP contribution in [0.15, 0.2) is 24.3 Å². The third kappa shape index (κ3) is 3.48. The van der Waals surface area contributed by atoms with Crippen LogP contribution < -0.4 is 5.73 Å². The summed E-state index contributed by atoms with van der Waals surface area (Å²) in [6.07, 6.45) is -1.17. The van der Waals surface area contributed by atoms with Crippen LogP contribution in [0.2, 0.25) is 0 Å². The number of benzene rings is 1. The predicted molar refractivity (Wildman–Crippen MR) is 68.5 cm³/mol. The average Bonchev–Trinajstić information content (AvgIpc) is 2.39. The molecule has 2 rings (SSSR count). The first-order valence-corrected chi connectivity index (χ1v) is 6.61. The van der Waals surface area contributed by atoms with Crippen molar-refractivity contribution in [2.75, 3.05) is 13.1 Å². The molecule has 1 saturated heterocycles. The van der Waals surface area contributed by atoms with Crippen LogP contribution in [0.25, 0.3) is 0 Å². The van der Waals surface area contributed by atoms with Gasteiger partial charge in [-0.15, -0.1) is 0 Å². The van der Waals surface area contributed by atoms with E-state index in [1.807, 2.05) is 0 Å². The Kier molecular flexibility index (Phi) is 4.47. The second kappa shape index (κ2) is 5.92. The molecule has 1 aromatic rings. The quantitative estimate of drug-likeness (QED) is 0.916. The molecule has 106 valence electrons. The average molecular weight is 272 g/mol. The lowest BCUT2D eigenvalue weighted by Gasteiger charge is -2.35. The van der Waals surface area contributed by atoms with E-state index < -0.39 is 11.7 Å². The van der Waals surface area contributed by atoms with Crippen LogP contribution in [-0.4, -0.2) is 24.0 Å². The Morgan fingerprint density at radius 2 is 1.95 bits per heavy atom. The molecule has 0 radical (unpaired) electrons. The molecule has 2 nitrogen and oxygen atoms in total. The molecule has 0 aliphatic carbocycles. The molecule has 0 saturated carbocycles. The van der Waals surface area contributed by atoms with Crippen molar-refractivity contribution >= 4 is 0 Å². The Bertz CT molecular complexity index is 417. The minimum atomic E-state index is -4.29. The van der Waals surface area contributed by atoms with Crippen molar-refractivity contribution in [1.29, 1.82) is 0 Å². The van der Waals surface area contributed by atoms with E-state index in [1.54, 1.807) is 12.1 Å². The third-order valence-corrected chi connectivity index (χ3v) is 3.72. The topological polar surface area (TPSA) is 29.3 Å². The van der Waals surface area contributed by atoms with Gasteiger partial charge in [0.05, 0.1) is 5.56 Å². The van der Waals surface area contributed by atoms with E-state index in [1.165, 1.54) is 6.07 Å². The number of piperidine rings is 1. The molecule has 5 heteroatoms. The fourth-order valence-corrected chi connectivity index (χ4v) is 2.69. The van der Waals surface area contributed by atoms with Gasteiger partial charge in [-0.2, -0.15) is 13.2 Å². The molecular formula is C14H19F3N2. The van der Waals surface area contributed by atoms with Gasteiger partial charge in [0.2, 0.25) is 0 Å². The van der Waals surface area contributed by atoms with Gasteiger partial charge >= 0.3 is 6.18 Å². The lowest BCUT2D eigenvalue weighted by molar-refractivity contribution is -0.138. The first kappa shape index (κ1) is 14.3. The highest BCUT2D eigenvalue weighted by atomic mass is 19.4. The first-order valence-electron chi connectivity index (χ1n) is 6.61. The number of hydrogen-bond donors (Lipinski definition) is 1. The van der Waals surface area contributed by atoms with Gasteiger partial charge in [0.15, 0.2) is 0 Å². The number of halogens is 3. The summed E-state index contributed by atoms with van der Waals surface area (Å²) < 4.78 is 38.8. The van der Waals surface area contributed by atoms with Crippen LogP contribution >= 0.6 is 0 Å². The summed E-state index contributed by atoms with van der Waals surface area (Å²) in [6, 6.07) is 6.01. The maximum Gasteiger partial charge on any atom is 0.416 e. The van der Waals surface area contributed by atoms with Crippen LogP contribution in [0.4, 0.5) is 13.2 Å². The van der Waals surface area contributed by atoms with Gasteiger partial charge in [0.25, 0.3) is 0 Å². The Morgan fingerprint density at radius 3 is 2.63 bits per heavy atom. The Labute approximate surface area is 111 Å². The fourth-order valence-electron chi connectivity index (χ4n) is 2.69. The second-order valence-corrected chi connectivity index (χ2v) is 5.01. The van der Waals surface area contributed by atoms with Crippen molar-refractivity contribution in [2.24, 2.45) is 5.73 Å². The normalized spacial score (nSPS) is 21.6. The van der Waals surface area contributed by atoms with Crippen LogP contribution in [-0.2, 0) is 12.7 Å². The highest BCUT2D eigenvalue weighted by molar-refractivity contribution is 5.29. The molecule has 19 heavy (non-hydrogen) atoms. The molecule has 1 aliphatic rings. The standard InChI is InChI=1S/C14H19F3N2/c15-14(16,17)13-7-2-1-5-11(13)10-19-8-4-3-6-12(19)9-18/h1-2,5,7,12H,3-4,6,8-10,18H2. The van der Waals surface area contributed by atoms with E-state index in [0.29, 0.717) is 18.7 Å². The number of alkyl halides is 3. The van der Waals surface area contributed by atoms with Gasteiger partial charge in [-0.25, -0.2) is 0 Å². The maximum absolute atomic E-state index is 12.9. The molecule has 1 heterocycles. The zero-order valence-corrected chi connectivity index (χ0v) is 10.8. The third-order valence-electron chi connectivity index (χ3n) is 3.72. The van der Waals surface area contributed by atoms with E-state index in [2.05, 4.69) is 4.90 Å². The van der Waals surface area contributed by atoms with Crippen LogP contribution in [0.1, 0.15) is 30.4 Å². The molecule has 1 aromatic carbocycles. The maximum atomic E-state index is 12.9. The van der Waals surface area contributed by atoms with Crippen molar-refractivity contribution in [2.45, 2.75) is 38.0 Å². The fraction of sp³-hybridized carbons (Fsp3) is 0.571. The van der Waals surface area contributed by atoms with Gasteiger partial charge in [-0.05, 0) is 31.0 Å². The highest BCUT2D eigenvalue weighted by Gasteiger charge is 2.33. The second-order valence-electron chi connectivity index (χ2n) is 5.01. The van der Waals surface area contributed by atoms with Crippen molar-refractivity contribution < 1.29 is 13.2 Å². The Morgan fingerprint density at radius 1 is 1.21 bits per heavy atom. The van der Waals surface area contributed by atoms with E-state index in [9.17, 15) is 13.2 Å². The van der Waals surface area contributed by atoms with Gasteiger partial charge in [0.1, 0.15) is 0 Å². The van der Waals surface area contributed by atoms with Crippen molar-refractivity contribution in [3.8, 4) is 0 Å². The molecule has 1 fully saturated rings. The summed E-state index contributed by atoms with van der Waals surface area (Å²) in [6.45, 7) is 1.67. The molecule has 0 aromatic heterocycles.